The van der Waals surface area contributed by atoms with Crippen molar-refractivity contribution in [1.82, 2.24) is 9.78 Å². The quantitative estimate of drug-likeness (QED) is 0.410. The summed E-state index contributed by atoms with van der Waals surface area (Å²) in [6.07, 6.45) is 0. The lowest BCUT2D eigenvalue weighted by Gasteiger charge is -2.09. The van der Waals surface area contributed by atoms with E-state index in [9.17, 15) is 0 Å². The molecule has 0 saturated heterocycles. The Balaban J connectivity index is 1.95. The van der Waals surface area contributed by atoms with E-state index in [1.165, 1.54) is 11.1 Å². The minimum atomic E-state index is 0.681. The van der Waals surface area contributed by atoms with E-state index in [4.69, 9.17) is 16.7 Å². The van der Waals surface area contributed by atoms with Gasteiger partial charge in [0.25, 0.3) is 0 Å². The first kappa shape index (κ1) is 16.6. The summed E-state index contributed by atoms with van der Waals surface area (Å²) in [4.78, 5) is 0. The second kappa shape index (κ2) is 6.81. The molecule has 0 bridgehead atoms. The van der Waals surface area contributed by atoms with Crippen molar-refractivity contribution in [2.75, 3.05) is 0 Å². The zero-order valence-corrected chi connectivity index (χ0v) is 15.5. The first-order valence-corrected chi connectivity index (χ1v) is 8.99. The Labute approximate surface area is 158 Å². The van der Waals surface area contributed by atoms with Crippen LogP contribution in [0.4, 0.5) is 0 Å². The van der Waals surface area contributed by atoms with Crippen LogP contribution in [0.1, 0.15) is 11.1 Å². The number of nitrogens with zero attached hydrogens (tertiary/aromatic N) is 2. The predicted octanol–water partition coefficient (Wildman–Crippen LogP) is 6.48. The van der Waals surface area contributed by atoms with Crippen LogP contribution >= 0.6 is 11.6 Å². The summed E-state index contributed by atoms with van der Waals surface area (Å²) in [7, 11) is 0. The maximum atomic E-state index is 6.47. The van der Waals surface area contributed by atoms with Crippen LogP contribution in [0.3, 0.4) is 0 Å². The van der Waals surface area contributed by atoms with Crippen LogP contribution < -0.4 is 0 Å². The summed E-state index contributed by atoms with van der Waals surface area (Å²) in [5, 5.41) is 5.57. The molecule has 1 aromatic heterocycles. The molecule has 4 aromatic rings. The van der Waals surface area contributed by atoms with Crippen LogP contribution in [-0.2, 0) is 0 Å². The second-order valence-electron chi connectivity index (χ2n) is 6.52. The summed E-state index contributed by atoms with van der Waals surface area (Å²) in [6, 6.07) is 26.8. The monoisotopic (exact) mass is 358 g/mol. The second-order valence-corrected chi connectivity index (χ2v) is 6.92. The number of aromatic nitrogens is 2. The van der Waals surface area contributed by atoms with Gasteiger partial charge in [0, 0.05) is 11.1 Å². The van der Waals surface area contributed by atoms with Crippen LogP contribution in [0.15, 0.2) is 78.9 Å². The molecule has 0 aliphatic heterocycles. The number of hydrogen-bond acceptors (Lipinski definition) is 1. The number of hydrogen-bond donors (Lipinski definition) is 0. The highest BCUT2D eigenvalue weighted by molar-refractivity contribution is 6.32. The van der Waals surface area contributed by atoms with Crippen molar-refractivity contribution in [2.45, 2.75) is 13.8 Å². The van der Waals surface area contributed by atoms with Crippen molar-refractivity contribution in [2.24, 2.45) is 0 Å². The molecule has 26 heavy (non-hydrogen) atoms. The molecule has 0 aliphatic carbocycles. The number of rotatable bonds is 3. The van der Waals surface area contributed by atoms with E-state index in [0.717, 1.165) is 28.2 Å². The maximum absolute atomic E-state index is 6.47. The third-order valence-electron chi connectivity index (χ3n) is 4.42. The van der Waals surface area contributed by atoms with Gasteiger partial charge in [-0.3, -0.25) is 0 Å². The van der Waals surface area contributed by atoms with Gasteiger partial charge in [-0.05, 0) is 44.2 Å². The van der Waals surface area contributed by atoms with Gasteiger partial charge in [-0.2, -0.15) is 5.10 Å². The Hall–Kier alpha value is -2.84. The zero-order chi connectivity index (χ0) is 18.1. The third kappa shape index (κ3) is 3.16. The number of benzene rings is 3. The van der Waals surface area contributed by atoms with E-state index < -0.39 is 0 Å². The van der Waals surface area contributed by atoms with E-state index in [1.54, 1.807) is 0 Å². The fourth-order valence-corrected chi connectivity index (χ4v) is 3.36. The van der Waals surface area contributed by atoms with Gasteiger partial charge in [0.2, 0.25) is 0 Å². The van der Waals surface area contributed by atoms with Gasteiger partial charge >= 0.3 is 0 Å². The van der Waals surface area contributed by atoms with Crippen LogP contribution in [-0.4, -0.2) is 9.78 Å². The van der Waals surface area contributed by atoms with E-state index in [2.05, 4.69) is 68.4 Å². The number of aryl methyl sites for hydroxylation is 2. The van der Waals surface area contributed by atoms with Gasteiger partial charge in [0.05, 0.1) is 22.1 Å². The van der Waals surface area contributed by atoms with Crippen LogP contribution in [0, 0.1) is 13.8 Å². The fraction of sp³-hybridized carbons (Fsp3) is 0.0870. The Bertz CT molecular complexity index is 1080. The van der Waals surface area contributed by atoms with Gasteiger partial charge < -0.3 is 0 Å². The normalized spacial score (nSPS) is 10.9. The average Bonchev–Trinajstić information content (AvgIpc) is 3.07. The molecule has 0 amide bonds. The molecule has 0 radical (unpaired) electrons. The summed E-state index contributed by atoms with van der Waals surface area (Å²) >= 11 is 6.47. The fourth-order valence-electron chi connectivity index (χ4n) is 3.14. The molecule has 0 fully saturated rings. The van der Waals surface area contributed by atoms with Crippen molar-refractivity contribution in [3.05, 3.63) is 95.0 Å². The molecule has 0 spiro atoms. The van der Waals surface area contributed by atoms with Gasteiger partial charge in [-0.1, -0.05) is 71.3 Å². The maximum Gasteiger partial charge on any atom is 0.0934 e. The van der Waals surface area contributed by atoms with Crippen molar-refractivity contribution in [3.8, 4) is 28.2 Å². The average molecular weight is 359 g/mol. The van der Waals surface area contributed by atoms with E-state index in [-0.39, 0.29) is 0 Å². The number of halogens is 1. The Morgan fingerprint density at radius 3 is 2.08 bits per heavy atom. The van der Waals surface area contributed by atoms with Crippen molar-refractivity contribution < 1.29 is 0 Å². The molecule has 1 heterocycles. The summed E-state index contributed by atoms with van der Waals surface area (Å²) < 4.78 is 1.94. The molecule has 3 aromatic carbocycles. The molecule has 0 saturated carbocycles. The summed E-state index contributed by atoms with van der Waals surface area (Å²) in [5.41, 5.74) is 7.49. The van der Waals surface area contributed by atoms with E-state index >= 15 is 0 Å². The first-order valence-electron chi connectivity index (χ1n) is 8.61. The van der Waals surface area contributed by atoms with Crippen molar-refractivity contribution >= 4 is 11.6 Å². The van der Waals surface area contributed by atoms with Crippen LogP contribution in [0.2, 0.25) is 5.02 Å². The third-order valence-corrected chi connectivity index (χ3v) is 4.74. The SMILES string of the molecule is Cc1cccc(-c2cc(-c3cccc(C)c3)n(-c3ccccc3Cl)n2)c1. The molecule has 3 heteroatoms. The lowest BCUT2D eigenvalue weighted by Crippen LogP contribution is -2.00. The first-order chi connectivity index (χ1) is 12.6. The van der Waals surface area contributed by atoms with E-state index in [1.807, 2.05) is 28.9 Å². The highest BCUT2D eigenvalue weighted by Crippen LogP contribution is 2.31. The lowest BCUT2D eigenvalue weighted by atomic mass is 10.1. The van der Waals surface area contributed by atoms with Crippen LogP contribution in [0.5, 0.6) is 0 Å². The predicted molar refractivity (Wildman–Crippen MR) is 109 cm³/mol. The summed E-state index contributed by atoms with van der Waals surface area (Å²) in [6.45, 7) is 4.19. The topological polar surface area (TPSA) is 17.8 Å². The molecule has 0 N–H and O–H groups in total. The lowest BCUT2D eigenvalue weighted by molar-refractivity contribution is 0.892. The molecule has 128 valence electrons. The molecule has 0 unspecified atom stereocenters. The molecule has 0 aliphatic rings. The minimum Gasteiger partial charge on any atom is -0.231 e. The molecular formula is C23H19ClN2. The van der Waals surface area contributed by atoms with Gasteiger partial charge in [-0.25, -0.2) is 4.68 Å². The van der Waals surface area contributed by atoms with Crippen molar-refractivity contribution in [3.63, 3.8) is 0 Å². The number of para-hydroxylation sites is 1. The minimum absolute atomic E-state index is 0.681. The highest BCUT2D eigenvalue weighted by atomic mass is 35.5. The van der Waals surface area contributed by atoms with Gasteiger partial charge in [-0.15, -0.1) is 0 Å². The Kier molecular flexibility index (Phi) is 4.36. The standard InChI is InChI=1S/C23H19ClN2/c1-16-7-5-9-18(13-16)21-15-23(19-10-6-8-17(2)14-19)26(25-21)22-12-4-3-11-20(22)24/h3-15H,1-2H3. The largest absolute Gasteiger partial charge is 0.231 e. The zero-order valence-electron chi connectivity index (χ0n) is 14.8. The van der Waals surface area contributed by atoms with Gasteiger partial charge in [0.15, 0.2) is 0 Å². The summed E-state index contributed by atoms with van der Waals surface area (Å²) in [5.74, 6) is 0. The van der Waals surface area contributed by atoms with Gasteiger partial charge in [0.1, 0.15) is 0 Å². The Morgan fingerprint density at radius 2 is 1.38 bits per heavy atom. The highest BCUT2D eigenvalue weighted by Gasteiger charge is 2.15. The molecule has 2 nitrogen and oxygen atoms in total. The smallest absolute Gasteiger partial charge is 0.0934 e. The molecular weight excluding hydrogens is 340 g/mol. The van der Waals surface area contributed by atoms with Crippen LogP contribution in [0.25, 0.3) is 28.2 Å². The molecule has 4 rings (SSSR count). The van der Waals surface area contributed by atoms with E-state index in [0.29, 0.717) is 5.02 Å². The van der Waals surface area contributed by atoms with Crippen molar-refractivity contribution in [1.29, 1.82) is 0 Å². The molecule has 0 atom stereocenters. The Morgan fingerprint density at radius 1 is 0.731 bits per heavy atom.